The molecule has 3 aromatic carbocycles. The van der Waals surface area contributed by atoms with E-state index in [-0.39, 0.29) is 5.91 Å². The van der Waals surface area contributed by atoms with Crippen molar-refractivity contribution in [2.75, 3.05) is 7.11 Å². The monoisotopic (exact) mass is 474 g/mol. The first-order valence-corrected chi connectivity index (χ1v) is 11.7. The molecule has 0 saturated heterocycles. The number of hydrogen-bond acceptors (Lipinski definition) is 4. The standard InChI is InChI=1S/C30H26N4O2/c1-20-17-23(21(2)34(20)24-13-15-25(36-3)16-14-24)19-31-33-30(35)27-18-29(22-9-5-4-6-10-22)32-28-12-8-7-11-26(27)28/h4-19H,1-3H3,(H,33,35)/b31-19+. The van der Waals surface area contributed by atoms with Gasteiger partial charge in [0.05, 0.1) is 30.1 Å². The van der Waals surface area contributed by atoms with Gasteiger partial charge < -0.3 is 9.30 Å². The Morgan fingerprint density at radius 3 is 2.42 bits per heavy atom. The minimum Gasteiger partial charge on any atom is -0.497 e. The minimum absolute atomic E-state index is 0.286. The Hall–Kier alpha value is -4.71. The summed E-state index contributed by atoms with van der Waals surface area (Å²) < 4.78 is 7.41. The van der Waals surface area contributed by atoms with E-state index in [1.807, 2.05) is 105 Å². The normalized spacial score (nSPS) is 11.2. The van der Waals surface area contributed by atoms with Crippen molar-refractivity contribution in [3.8, 4) is 22.7 Å². The van der Waals surface area contributed by atoms with Crippen molar-refractivity contribution in [2.24, 2.45) is 5.10 Å². The van der Waals surface area contributed by atoms with Gasteiger partial charge in [0.2, 0.25) is 0 Å². The number of methoxy groups -OCH3 is 1. The van der Waals surface area contributed by atoms with Gasteiger partial charge in [-0.25, -0.2) is 10.4 Å². The lowest BCUT2D eigenvalue weighted by atomic mass is 10.0. The van der Waals surface area contributed by atoms with E-state index in [0.29, 0.717) is 5.56 Å². The van der Waals surface area contributed by atoms with E-state index in [0.717, 1.165) is 50.5 Å². The summed E-state index contributed by atoms with van der Waals surface area (Å²) in [6.07, 6.45) is 1.68. The molecular weight excluding hydrogens is 448 g/mol. The molecule has 0 aliphatic rings. The molecule has 2 heterocycles. The molecule has 6 heteroatoms. The second-order valence-electron chi connectivity index (χ2n) is 8.50. The molecule has 1 amide bonds. The Labute approximate surface area is 209 Å². The molecule has 5 aromatic rings. The Morgan fingerprint density at radius 1 is 0.944 bits per heavy atom. The Morgan fingerprint density at radius 2 is 1.67 bits per heavy atom. The number of carbonyl (C=O) groups excluding carboxylic acids is 1. The number of aryl methyl sites for hydroxylation is 1. The third-order valence-electron chi connectivity index (χ3n) is 6.20. The fourth-order valence-electron chi connectivity index (χ4n) is 4.39. The van der Waals surface area contributed by atoms with Crippen LogP contribution in [-0.4, -0.2) is 28.8 Å². The molecule has 36 heavy (non-hydrogen) atoms. The zero-order valence-corrected chi connectivity index (χ0v) is 20.4. The summed E-state index contributed by atoms with van der Waals surface area (Å²) in [7, 11) is 1.65. The van der Waals surface area contributed by atoms with Gasteiger partial charge in [-0.3, -0.25) is 4.79 Å². The van der Waals surface area contributed by atoms with Crippen molar-refractivity contribution >= 4 is 23.0 Å². The van der Waals surface area contributed by atoms with Crippen LogP contribution in [-0.2, 0) is 0 Å². The molecule has 0 unspecified atom stereocenters. The van der Waals surface area contributed by atoms with Crippen LogP contribution in [0.15, 0.2) is 96.1 Å². The largest absolute Gasteiger partial charge is 0.497 e. The minimum atomic E-state index is -0.286. The molecule has 178 valence electrons. The predicted octanol–water partition coefficient (Wildman–Crippen LogP) is 6.08. The zero-order valence-electron chi connectivity index (χ0n) is 20.4. The number of hydrogen-bond donors (Lipinski definition) is 1. The van der Waals surface area contributed by atoms with Crippen LogP contribution in [0.25, 0.3) is 27.8 Å². The number of para-hydroxylation sites is 1. The maximum atomic E-state index is 13.2. The maximum absolute atomic E-state index is 13.2. The highest BCUT2D eigenvalue weighted by Crippen LogP contribution is 2.25. The van der Waals surface area contributed by atoms with Gasteiger partial charge in [-0.15, -0.1) is 0 Å². The van der Waals surface area contributed by atoms with E-state index < -0.39 is 0 Å². The van der Waals surface area contributed by atoms with Crippen molar-refractivity contribution in [2.45, 2.75) is 13.8 Å². The Bertz CT molecular complexity index is 1570. The number of hydrazone groups is 1. The average Bonchev–Trinajstić information content (AvgIpc) is 3.20. The SMILES string of the molecule is COc1ccc(-n2c(C)cc(/C=N/NC(=O)c3cc(-c4ccccc4)nc4ccccc34)c2C)cc1. The summed E-state index contributed by atoms with van der Waals surface area (Å²) in [5, 5.41) is 5.07. The lowest BCUT2D eigenvalue weighted by molar-refractivity contribution is 0.0956. The first kappa shape index (κ1) is 23.1. The van der Waals surface area contributed by atoms with E-state index in [4.69, 9.17) is 9.72 Å². The Kier molecular flexibility index (Phi) is 6.33. The first-order valence-electron chi connectivity index (χ1n) is 11.7. The van der Waals surface area contributed by atoms with Crippen molar-refractivity contribution in [1.82, 2.24) is 15.0 Å². The quantitative estimate of drug-likeness (QED) is 0.239. The van der Waals surface area contributed by atoms with Crippen LogP contribution in [0.1, 0.15) is 27.3 Å². The second kappa shape index (κ2) is 9.88. The third-order valence-corrected chi connectivity index (χ3v) is 6.20. The molecule has 6 nitrogen and oxygen atoms in total. The van der Waals surface area contributed by atoms with E-state index >= 15 is 0 Å². The molecule has 0 atom stereocenters. The number of nitrogens with one attached hydrogen (secondary N) is 1. The molecule has 0 spiro atoms. The van der Waals surface area contributed by atoms with Crippen LogP contribution in [0.3, 0.4) is 0 Å². The van der Waals surface area contributed by atoms with Crippen LogP contribution in [0.5, 0.6) is 5.75 Å². The van der Waals surface area contributed by atoms with Crippen LogP contribution in [0.4, 0.5) is 0 Å². The van der Waals surface area contributed by atoms with Crippen molar-refractivity contribution in [1.29, 1.82) is 0 Å². The first-order chi connectivity index (χ1) is 17.5. The average molecular weight is 475 g/mol. The molecule has 0 aliphatic carbocycles. The van der Waals surface area contributed by atoms with Gasteiger partial charge in [0.15, 0.2) is 0 Å². The third kappa shape index (κ3) is 4.49. The van der Waals surface area contributed by atoms with Crippen LogP contribution in [0, 0.1) is 13.8 Å². The summed E-state index contributed by atoms with van der Waals surface area (Å²) in [5.41, 5.74) is 9.74. The van der Waals surface area contributed by atoms with Gasteiger partial charge in [0.1, 0.15) is 5.75 Å². The zero-order chi connectivity index (χ0) is 25.1. The van der Waals surface area contributed by atoms with Crippen molar-refractivity contribution in [3.05, 3.63) is 114 Å². The number of pyridine rings is 1. The van der Waals surface area contributed by atoms with Crippen LogP contribution < -0.4 is 10.2 Å². The molecular formula is C30H26N4O2. The lowest BCUT2D eigenvalue weighted by Gasteiger charge is -2.10. The summed E-state index contributed by atoms with van der Waals surface area (Å²) >= 11 is 0. The van der Waals surface area contributed by atoms with Crippen molar-refractivity contribution < 1.29 is 9.53 Å². The van der Waals surface area contributed by atoms with E-state index in [1.165, 1.54) is 0 Å². The highest BCUT2D eigenvalue weighted by molar-refractivity contribution is 6.07. The number of aromatic nitrogens is 2. The van der Waals surface area contributed by atoms with E-state index in [9.17, 15) is 4.79 Å². The van der Waals surface area contributed by atoms with Gasteiger partial charge in [0, 0.05) is 33.6 Å². The number of ether oxygens (including phenoxy) is 1. The fraction of sp³-hybridized carbons (Fsp3) is 0.100. The predicted molar refractivity (Wildman–Crippen MR) is 144 cm³/mol. The molecule has 0 aliphatic heterocycles. The van der Waals surface area contributed by atoms with Gasteiger partial charge in [-0.1, -0.05) is 48.5 Å². The van der Waals surface area contributed by atoms with E-state index in [2.05, 4.69) is 15.1 Å². The molecule has 0 bridgehead atoms. The highest BCUT2D eigenvalue weighted by Gasteiger charge is 2.14. The summed E-state index contributed by atoms with van der Waals surface area (Å²) in [6, 6.07) is 29.2. The van der Waals surface area contributed by atoms with E-state index in [1.54, 1.807) is 13.3 Å². The highest BCUT2D eigenvalue weighted by atomic mass is 16.5. The van der Waals surface area contributed by atoms with Gasteiger partial charge in [0.25, 0.3) is 5.91 Å². The summed E-state index contributed by atoms with van der Waals surface area (Å²) in [5.74, 6) is 0.524. The molecule has 0 radical (unpaired) electrons. The summed E-state index contributed by atoms with van der Waals surface area (Å²) in [4.78, 5) is 18.0. The number of fused-ring (bicyclic) bond motifs is 1. The number of nitrogens with zero attached hydrogens (tertiary/aromatic N) is 3. The molecule has 0 fully saturated rings. The topological polar surface area (TPSA) is 68.5 Å². The van der Waals surface area contributed by atoms with Gasteiger partial charge in [-0.05, 0) is 56.3 Å². The molecule has 0 saturated carbocycles. The lowest BCUT2D eigenvalue weighted by Crippen LogP contribution is -2.18. The van der Waals surface area contributed by atoms with Gasteiger partial charge in [-0.2, -0.15) is 5.10 Å². The molecule has 1 N–H and O–H groups in total. The summed E-state index contributed by atoms with van der Waals surface area (Å²) in [6.45, 7) is 4.07. The van der Waals surface area contributed by atoms with Crippen LogP contribution >= 0.6 is 0 Å². The molecule has 5 rings (SSSR count). The second-order valence-corrected chi connectivity index (χ2v) is 8.50. The van der Waals surface area contributed by atoms with Crippen molar-refractivity contribution in [3.63, 3.8) is 0 Å². The number of benzene rings is 3. The smallest absolute Gasteiger partial charge is 0.272 e. The number of amides is 1. The fourth-order valence-corrected chi connectivity index (χ4v) is 4.39. The number of rotatable bonds is 6. The van der Waals surface area contributed by atoms with Gasteiger partial charge >= 0.3 is 0 Å². The maximum Gasteiger partial charge on any atom is 0.272 e. The Balaban J connectivity index is 1.42. The molecule has 2 aromatic heterocycles. The number of carbonyl (C=O) groups is 1. The van der Waals surface area contributed by atoms with Crippen LogP contribution in [0.2, 0.25) is 0 Å².